The number of methoxy groups -OCH3 is 1. The molecular weight excluding hydrogens is 489 g/mol. The van der Waals surface area contributed by atoms with Gasteiger partial charge in [-0.25, -0.2) is 4.79 Å². The van der Waals surface area contributed by atoms with E-state index in [4.69, 9.17) is 22.8 Å². The number of rotatable bonds is 7. The van der Waals surface area contributed by atoms with Gasteiger partial charge in [-0.1, -0.05) is 29.7 Å². The van der Waals surface area contributed by atoms with Crippen molar-refractivity contribution in [2.24, 2.45) is 5.10 Å². The standard InChI is InChI=1S/C23H20ClF3N4O4/c1-3-12-31(22(33)34-2)19-13-30(29-21(19)15-4-6-16(24)7-5-15)14-20(32)28-17-8-10-18(11-9-17)35-23(25,26)27/h1,4-11,19H,12-14H2,2H3,(H,28,32). The van der Waals surface area contributed by atoms with E-state index in [-0.39, 0.29) is 25.3 Å². The number of benzene rings is 2. The van der Waals surface area contributed by atoms with Crippen molar-refractivity contribution < 1.29 is 32.2 Å². The Morgan fingerprint density at radius 2 is 1.89 bits per heavy atom. The Morgan fingerprint density at radius 1 is 1.23 bits per heavy atom. The minimum absolute atomic E-state index is 0.0453. The number of ether oxygens (including phenoxy) is 2. The van der Waals surface area contributed by atoms with E-state index in [9.17, 15) is 22.8 Å². The fourth-order valence-electron chi connectivity index (χ4n) is 3.39. The lowest BCUT2D eigenvalue weighted by molar-refractivity contribution is -0.274. The molecule has 1 N–H and O–H groups in total. The second-order valence-corrected chi connectivity index (χ2v) is 7.71. The summed E-state index contributed by atoms with van der Waals surface area (Å²) in [6.07, 6.45) is -0.0285. The quantitative estimate of drug-likeness (QED) is 0.572. The molecule has 3 rings (SSSR count). The molecule has 0 saturated heterocycles. The maximum absolute atomic E-state index is 12.6. The zero-order valence-corrected chi connectivity index (χ0v) is 19.1. The van der Waals surface area contributed by atoms with Crippen LogP contribution in [0.3, 0.4) is 0 Å². The van der Waals surface area contributed by atoms with Crippen molar-refractivity contribution >= 4 is 35.0 Å². The third kappa shape index (κ3) is 7.04. The third-order valence-electron chi connectivity index (χ3n) is 4.83. The number of halogens is 4. The van der Waals surface area contributed by atoms with Crippen molar-refractivity contribution in [2.75, 3.05) is 32.1 Å². The van der Waals surface area contributed by atoms with Crippen LogP contribution < -0.4 is 10.1 Å². The first-order valence-electron chi connectivity index (χ1n) is 10.1. The van der Waals surface area contributed by atoms with Crippen LogP contribution in [-0.4, -0.2) is 66.8 Å². The van der Waals surface area contributed by atoms with Crippen LogP contribution in [0.2, 0.25) is 5.02 Å². The van der Waals surface area contributed by atoms with E-state index in [1.807, 2.05) is 0 Å². The Kier molecular flexibility index (Phi) is 8.09. The molecule has 184 valence electrons. The summed E-state index contributed by atoms with van der Waals surface area (Å²) in [5.41, 5.74) is 1.43. The molecule has 0 fully saturated rings. The molecule has 0 radical (unpaired) electrons. The Balaban J connectivity index is 1.75. The summed E-state index contributed by atoms with van der Waals surface area (Å²) in [4.78, 5) is 26.3. The number of alkyl halides is 3. The van der Waals surface area contributed by atoms with Gasteiger partial charge in [-0.2, -0.15) is 5.10 Å². The molecule has 2 amide bonds. The molecule has 1 unspecified atom stereocenters. The summed E-state index contributed by atoms with van der Waals surface area (Å²) in [6.45, 7) is -0.0870. The highest BCUT2D eigenvalue weighted by Crippen LogP contribution is 2.24. The van der Waals surface area contributed by atoms with E-state index < -0.39 is 30.2 Å². The lowest BCUT2D eigenvalue weighted by Crippen LogP contribution is -2.47. The predicted octanol–water partition coefficient (Wildman–Crippen LogP) is 3.97. The van der Waals surface area contributed by atoms with Gasteiger partial charge in [0, 0.05) is 16.3 Å². The first-order chi connectivity index (χ1) is 16.6. The van der Waals surface area contributed by atoms with Crippen molar-refractivity contribution in [2.45, 2.75) is 12.4 Å². The van der Waals surface area contributed by atoms with Crippen LogP contribution >= 0.6 is 11.6 Å². The van der Waals surface area contributed by atoms with Crippen molar-refractivity contribution in [3.05, 3.63) is 59.1 Å². The molecule has 12 heteroatoms. The maximum Gasteiger partial charge on any atom is 0.573 e. The normalized spacial score (nSPS) is 15.1. The van der Waals surface area contributed by atoms with Gasteiger partial charge < -0.3 is 14.8 Å². The smallest absolute Gasteiger partial charge is 0.453 e. The monoisotopic (exact) mass is 508 g/mol. The predicted molar refractivity (Wildman–Crippen MR) is 123 cm³/mol. The van der Waals surface area contributed by atoms with Gasteiger partial charge in [0.05, 0.1) is 32.0 Å². The Labute approximate surface area is 204 Å². The zero-order chi connectivity index (χ0) is 25.6. The second kappa shape index (κ2) is 11.0. The van der Waals surface area contributed by atoms with Crippen LogP contribution in [0.15, 0.2) is 53.6 Å². The van der Waals surface area contributed by atoms with E-state index in [0.29, 0.717) is 16.3 Å². The van der Waals surface area contributed by atoms with E-state index in [2.05, 4.69) is 21.1 Å². The Morgan fingerprint density at radius 3 is 2.46 bits per heavy atom. The number of nitrogens with zero attached hydrogens (tertiary/aromatic N) is 3. The summed E-state index contributed by atoms with van der Waals surface area (Å²) in [5.74, 6) is 1.53. The van der Waals surface area contributed by atoms with Gasteiger partial charge in [0.25, 0.3) is 0 Å². The highest BCUT2D eigenvalue weighted by molar-refractivity contribution is 6.30. The molecule has 0 aliphatic carbocycles. The van der Waals surface area contributed by atoms with Gasteiger partial charge >= 0.3 is 12.5 Å². The van der Waals surface area contributed by atoms with Crippen LogP contribution in [-0.2, 0) is 9.53 Å². The third-order valence-corrected chi connectivity index (χ3v) is 5.09. The molecule has 1 atom stereocenters. The second-order valence-electron chi connectivity index (χ2n) is 7.28. The van der Waals surface area contributed by atoms with Crippen molar-refractivity contribution in [3.8, 4) is 18.1 Å². The lowest BCUT2D eigenvalue weighted by atomic mass is 10.0. The Bertz CT molecular complexity index is 1130. The summed E-state index contributed by atoms with van der Waals surface area (Å²) < 4.78 is 45.6. The number of nitrogens with one attached hydrogen (secondary N) is 1. The molecule has 1 heterocycles. The summed E-state index contributed by atoms with van der Waals surface area (Å²) in [5, 5.41) is 9.06. The van der Waals surface area contributed by atoms with Gasteiger partial charge in [-0.3, -0.25) is 14.7 Å². The number of carbonyl (C=O) groups excluding carboxylic acids is 2. The molecule has 35 heavy (non-hydrogen) atoms. The molecule has 0 saturated carbocycles. The van der Waals surface area contributed by atoms with E-state index in [1.165, 1.54) is 29.2 Å². The topological polar surface area (TPSA) is 83.5 Å². The van der Waals surface area contributed by atoms with Crippen LogP contribution in [0.1, 0.15) is 5.56 Å². The van der Waals surface area contributed by atoms with E-state index in [1.54, 1.807) is 24.3 Å². The van der Waals surface area contributed by atoms with Gasteiger partial charge in [0.1, 0.15) is 12.3 Å². The van der Waals surface area contributed by atoms with Crippen molar-refractivity contribution in [1.82, 2.24) is 9.91 Å². The summed E-state index contributed by atoms with van der Waals surface area (Å²) in [7, 11) is 1.23. The van der Waals surface area contributed by atoms with Crippen molar-refractivity contribution in [1.29, 1.82) is 0 Å². The molecule has 0 bridgehead atoms. The van der Waals surface area contributed by atoms with Crippen molar-refractivity contribution in [3.63, 3.8) is 0 Å². The molecule has 1 aliphatic heterocycles. The number of hydrazone groups is 1. The highest BCUT2D eigenvalue weighted by Gasteiger charge is 2.36. The van der Waals surface area contributed by atoms with E-state index >= 15 is 0 Å². The number of terminal acetylenes is 1. The molecule has 8 nitrogen and oxygen atoms in total. The van der Waals surface area contributed by atoms with Gasteiger partial charge in [0.2, 0.25) is 5.91 Å². The van der Waals surface area contributed by atoms with Crippen LogP contribution in [0.25, 0.3) is 0 Å². The maximum atomic E-state index is 12.6. The number of amides is 2. The minimum atomic E-state index is -4.81. The molecular formula is C23H20ClF3N4O4. The average molecular weight is 509 g/mol. The van der Waals surface area contributed by atoms with Gasteiger partial charge in [-0.05, 0) is 36.4 Å². The fourth-order valence-corrected chi connectivity index (χ4v) is 3.51. The summed E-state index contributed by atoms with van der Waals surface area (Å²) >= 11 is 5.98. The number of carbonyl (C=O) groups is 2. The van der Waals surface area contributed by atoms with Gasteiger partial charge in [0.15, 0.2) is 0 Å². The SMILES string of the molecule is C#CCN(C(=O)OC)C1CN(CC(=O)Nc2ccc(OC(F)(F)F)cc2)N=C1c1ccc(Cl)cc1. The van der Waals surface area contributed by atoms with Crippen LogP contribution in [0.4, 0.5) is 23.7 Å². The van der Waals surface area contributed by atoms with E-state index in [0.717, 1.165) is 12.1 Å². The average Bonchev–Trinajstić information content (AvgIpc) is 3.20. The Hall–Kier alpha value is -3.91. The van der Waals surface area contributed by atoms with Crippen LogP contribution in [0, 0.1) is 12.3 Å². The fraction of sp³-hybridized carbons (Fsp3) is 0.261. The van der Waals surface area contributed by atoms with Gasteiger partial charge in [-0.15, -0.1) is 19.6 Å². The lowest BCUT2D eigenvalue weighted by Gasteiger charge is -2.27. The molecule has 0 spiro atoms. The molecule has 2 aromatic carbocycles. The first kappa shape index (κ1) is 25.7. The molecule has 2 aromatic rings. The number of anilines is 1. The first-order valence-corrected chi connectivity index (χ1v) is 10.5. The number of hydrogen-bond donors (Lipinski definition) is 1. The molecule has 1 aliphatic rings. The number of hydrogen-bond acceptors (Lipinski definition) is 6. The van der Waals surface area contributed by atoms with Crippen LogP contribution in [0.5, 0.6) is 5.75 Å². The highest BCUT2D eigenvalue weighted by atomic mass is 35.5. The molecule has 0 aromatic heterocycles. The zero-order valence-electron chi connectivity index (χ0n) is 18.4. The minimum Gasteiger partial charge on any atom is -0.453 e. The largest absolute Gasteiger partial charge is 0.573 e. The summed E-state index contributed by atoms with van der Waals surface area (Å²) in [6, 6.07) is 10.9.